The first-order chi connectivity index (χ1) is 7.85. The third-order valence-corrected chi connectivity index (χ3v) is 3.05. The molecule has 0 saturated carbocycles. The Bertz CT molecular complexity index is 506. The van der Waals surface area contributed by atoms with Crippen molar-refractivity contribution in [1.29, 1.82) is 0 Å². The lowest BCUT2D eigenvalue weighted by Gasteiger charge is -2.02. The molecule has 0 aliphatic heterocycles. The highest BCUT2D eigenvalue weighted by Gasteiger charge is 2.17. The third-order valence-electron chi connectivity index (χ3n) is 2.13. The smallest absolute Gasteiger partial charge is 0.360 e. The van der Waals surface area contributed by atoms with Gasteiger partial charge in [0.05, 0.1) is 24.6 Å². The second-order valence-electron chi connectivity index (χ2n) is 3.60. The summed E-state index contributed by atoms with van der Waals surface area (Å²) in [5, 5.41) is 7.40. The minimum atomic E-state index is -3.07. The predicted octanol–water partition coefficient (Wildman–Crippen LogP) is -0.192. The fourth-order valence-electron chi connectivity index (χ4n) is 1.21. The Labute approximate surface area is 99.7 Å². The van der Waals surface area contributed by atoms with Crippen LogP contribution in [0.4, 0.5) is 0 Å². The van der Waals surface area contributed by atoms with E-state index in [9.17, 15) is 13.2 Å². The third kappa shape index (κ3) is 3.81. The topological polar surface area (TPSA) is 91.2 Å². The van der Waals surface area contributed by atoms with Crippen LogP contribution in [0.5, 0.6) is 0 Å². The lowest BCUT2D eigenvalue weighted by atomic mass is 10.3. The first-order valence-electron chi connectivity index (χ1n) is 5.10. The highest BCUT2D eigenvalue weighted by atomic mass is 32.2. The Morgan fingerprint density at radius 2 is 2.12 bits per heavy atom. The van der Waals surface area contributed by atoms with Crippen LogP contribution in [0.25, 0.3) is 0 Å². The Morgan fingerprint density at radius 1 is 1.47 bits per heavy atom. The number of hydrogen-bond acceptors (Lipinski definition) is 6. The zero-order valence-corrected chi connectivity index (χ0v) is 10.8. The molecular weight excluding hydrogens is 246 g/mol. The molecule has 17 heavy (non-hydrogen) atoms. The molecular formula is C9H15N3O4S. The Balaban J connectivity index is 2.81. The molecule has 1 heterocycles. The first-order valence-corrected chi connectivity index (χ1v) is 7.16. The largest absolute Gasteiger partial charge is 0.461 e. The molecule has 0 unspecified atom stereocenters. The van der Waals surface area contributed by atoms with E-state index in [0.29, 0.717) is 5.69 Å². The van der Waals surface area contributed by atoms with Crippen LogP contribution in [0.3, 0.4) is 0 Å². The van der Waals surface area contributed by atoms with Crippen LogP contribution in [-0.2, 0) is 21.1 Å². The molecule has 0 aliphatic carbocycles. The van der Waals surface area contributed by atoms with Gasteiger partial charge in [0.1, 0.15) is 9.84 Å². The van der Waals surface area contributed by atoms with Gasteiger partial charge in [-0.05, 0) is 13.8 Å². The van der Waals surface area contributed by atoms with Crippen molar-refractivity contribution in [2.24, 2.45) is 0 Å². The normalized spacial score (nSPS) is 11.5. The van der Waals surface area contributed by atoms with Crippen LogP contribution in [0.2, 0.25) is 0 Å². The van der Waals surface area contributed by atoms with E-state index >= 15 is 0 Å². The van der Waals surface area contributed by atoms with Gasteiger partial charge in [-0.25, -0.2) is 17.9 Å². The van der Waals surface area contributed by atoms with Crippen molar-refractivity contribution in [1.82, 2.24) is 15.0 Å². The van der Waals surface area contributed by atoms with Gasteiger partial charge in [0.15, 0.2) is 5.69 Å². The second-order valence-corrected chi connectivity index (χ2v) is 5.86. The molecule has 0 amide bonds. The molecule has 0 spiro atoms. The highest BCUT2D eigenvalue weighted by Crippen LogP contribution is 2.05. The molecule has 0 bridgehead atoms. The molecule has 1 aromatic rings. The molecule has 8 heteroatoms. The van der Waals surface area contributed by atoms with E-state index in [4.69, 9.17) is 4.74 Å². The maximum absolute atomic E-state index is 11.4. The number of rotatable bonds is 5. The van der Waals surface area contributed by atoms with Crippen molar-refractivity contribution >= 4 is 15.8 Å². The fraction of sp³-hybridized carbons (Fsp3) is 0.667. The molecule has 0 fully saturated rings. The number of ether oxygens (including phenoxy) is 1. The summed E-state index contributed by atoms with van der Waals surface area (Å²) in [4.78, 5) is 11.4. The number of sulfone groups is 1. The maximum Gasteiger partial charge on any atom is 0.360 e. The van der Waals surface area contributed by atoms with E-state index in [-0.39, 0.29) is 24.6 Å². The minimum absolute atomic E-state index is 0.0422. The van der Waals surface area contributed by atoms with Crippen LogP contribution in [0, 0.1) is 6.92 Å². The molecule has 0 aliphatic rings. The van der Waals surface area contributed by atoms with E-state index in [2.05, 4.69) is 10.3 Å². The van der Waals surface area contributed by atoms with Gasteiger partial charge < -0.3 is 4.74 Å². The summed E-state index contributed by atoms with van der Waals surface area (Å²) < 4.78 is 28.2. The second kappa shape index (κ2) is 5.26. The predicted molar refractivity (Wildman–Crippen MR) is 60.4 cm³/mol. The monoisotopic (exact) mass is 261 g/mol. The van der Waals surface area contributed by atoms with Gasteiger partial charge in [-0.2, -0.15) is 0 Å². The lowest BCUT2D eigenvalue weighted by Crippen LogP contribution is -2.14. The Morgan fingerprint density at radius 3 is 2.65 bits per heavy atom. The molecule has 7 nitrogen and oxygen atoms in total. The average Bonchev–Trinajstić information content (AvgIpc) is 2.56. The summed E-state index contributed by atoms with van der Waals surface area (Å²) in [5.41, 5.74) is 0.632. The maximum atomic E-state index is 11.4. The van der Waals surface area contributed by atoms with Crippen molar-refractivity contribution in [2.75, 3.05) is 18.6 Å². The van der Waals surface area contributed by atoms with Gasteiger partial charge in [0.2, 0.25) is 0 Å². The van der Waals surface area contributed by atoms with Gasteiger partial charge in [0.25, 0.3) is 0 Å². The van der Waals surface area contributed by atoms with E-state index in [1.54, 1.807) is 13.8 Å². The fourth-order valence-corrected chi connectivity index (χ4v) is 1.72. The summed E-state index contributed by atoms with van der Waals surface area (Å²) in [6.45, 7) is 3.78. The summed E-state index contributed by atoms with van der Waals surface area (Å²) in [6, 6.07) is 0. The number of hydrogen-bond donors (Lipinski definition) is 0. The number of aryl methyl sites for hydroxylation is 1. The SMILES string of the molecule is CCOC(=O)c1nnn(CCS(C)(=O)=O)c1C. The lowest BCUT2D eigenvalue weighted by molar-refractivity contribution is 0.0518. The van der Waals surface area contributed by atoms with Gasteiger partial charge in [0, 0.05) is 6.26 Å². The average molecular weight is 261 g/mol. The number of carbonyl (C=O) groups is 1. The van der Waals surface area contributed by atoms with E-state index in [1.807, 2.05) is 0 Å². The molecule has 1 aromatic heterocycles. The van der Waals surface area contributed by atoms with Crippen LogP contribution in [0.1, 0.15) is 23.1 Å². The van der Waals surface area contributed by atoms with Crippen LogP contribution in [0.15, 0.2) is 0 Å². The Kier molecular flexibility index (Phi) is 4.22. The molecule has 0 saturated heterocycles. The van der Waals surface area contributed by atoms with Crippen LogP contribution < -0.4 is 0 Å². The summed E-state index contributed by atoms with van der Waals surface area (Å²) in [6.07, 6.45) is 1.14. The summed E-state index contributed by atoms with van der Waals surface area (Å²) >= 11 is 0. The molecule has 0 radical (unpaired) electrons. The van der Waals surface area contributed by atoms with Gasteiger partial charge in [-0.3, -0.25) is 0 Å². The van der Waals surface area contributed by atoms with Gasteiger partial charge in [-0.1, -0.05) is 5.21 Å². The Hall–Kier alpha value is -1.44. The zero-order chi connectivity index (χ0) is 13.1. The number of aromatic nitrogens is 3. The molecule has 0 atom stereocenters. The minimum Gasteiger partial charge on any atom is -0.461 e. The van der Waals surface area contributed by atoms with E-state index in [0.717, 1.165) is 6.26 Å². The van der Waals surface area contributed by atoms with E-state index in [1.165, 1.54) is 4.68 Å². The highest BCUT2D eigenvalue weighted by molar-refractivity contribution is 7.90. The molecule has 1 rings (SSSR count). The van der Waals surface area contributed by atoms with Crippen molar-refractivity contribution < 1.29 is 17.9 Å². The molecule has 0 N–H and O–H groups in total. The van der Waals surface area contributed by atoms with Crippen molar-refractivity contribution in [3.8, 4) is 0 Å². The molecule has 96 valence electrons. The first kappa shape index (κ1) is 13.6. The van der Waals surface area contributed by atoms with Crippen molar-refractivity contribution in [2.45, 2.75) is 20.4 Å². The van der Waals surface area contributed by atoms with Crippen molar-refractivity contribution in [3.63, 3.8) is 0 Å². The number of esters is 1. The van der Waals surface area contributed by atoms with Gasteiger partial charge >= 0.3 is 5.97 Å². The molecule has 0 aromatic carbocycles. The number of carbonyl (C=O) groups excluding carboxylic acids is 1. The van der Waals surface area contributed by atoms with E-state index < -0.39 is 15.8 Å². The van der Waals surface area contributed by atoms with Crippen molar-refractivity contribution in [3.05, 3.63) is 11.4 Å². The number of nitrogens with zero attached hydrogens (tertiary/aromatic N) is 3. The summed E-state index contributed by atoms with van der Waals surface area (Å²) in [7, 11) is -3.07. The quantitative estimate of drug-likeness (QED) is 0.682. The van der Waals surface area contributed by atoms with Gasteiger partial charge in [-0.15, -0.1) is 5.10 Å². The summed E-state index contributed by atoms with van der Waals surface area (Å²) in [5.74, 6) is -0.588. The van der Waals surface area contributed by atoms with Crippen LogP contribution in [-0.4, -0.2) is 48.0 Å². The zero-order valence-electron chi connectivity index (χ0n) is 10.0. The standard InChI is InChI=1S/C9H15N3O4S/c1-4-16-9(13)8-7(2)12(11-10-8)5-6-17(3,14)15/h4-6H2,1-3H3. The van der Waals surface area contributed by atoms with Crippen LogP contribution >= 0.6 is 0 Å².